The van der Waals surface area contributed by atoms with Crippen molar-refractivity contribution < 1.29 is 0 Å². The Balaban J connectivity index is 2.12. The number of pyridine rings is 1. The fourth-order valence-electron chi connectivity index (χ4n) is 2.47. The Hall–Kier alpha value is -1.20. The summed E-state index contributed by atoms with van der Waals surface area (Å²) < 4.78 is 3.09. The lowest BCUT2D eigenvalue weighted by Crippen LogP contribution is -2.34. The van der Waals surface area contributed by atoms with E-state index in [9.17, 15) is 0 Å². The predicted molar refractivity (Wildman–Crippen MR) is 89.4 cm³/mol. The number of hydrogen-bond donors (Lipinski definition) is 1. The summed E-state index contributed by atoms with van der Waals surface area (Å²) in [6.45, 7) is 5.24. The summed E-state index contributed by atoms with van der Waals surface area (Å²) in [7, 11) is 2.00. The minimum atomic E-state index is 0.367. The van der Waals surface area contributed by atoms with Gasteiger partial charge in [0, 0.05) is 37.8 Å². The third-order valence-corrected chi connectivity index (χ3v) is 4.60. The lowest BCUT2D eigenvalue weighted by molar-refractivity contribution is 0.486. The smallest absolute Gasteiger partial charge is 0.0738 e. The van der Waals surface area contributed by atoms with Crippen LogP contribution in [0.5, 0.6) is 0 Å². The standard InChI is InChI=1S/C16H23BrN4/c1-4-8-18-14(10-13-7-5-6-9-19-13)11-15-16(17)12(2)20-21(15)3/h5-7,9,14,18H,4,8,10-11H2,1-3H3. The van der Waals surface area contributed by atoms with Gasteiger partial charge in [-0.2, -0.15) is 5.10 Å². The van der Waals surface area contributed by atoms with E-state index >= 15 is 0 Å². The Bertz CT molecular complexity index is 565. The average Bonchev–Trinajstić information content (AvgIpc) is 2.72. The molecule has 0 saturated heterocycles. The normalized spacial score (nSPS) is 12.6. The van der Waals surface area contributed by atoms with Crippen molar-refractivity contribution in [3.8, 4) is 0 Å². The number of aryl methyl sites for hydroxylation is 2. The van der Waals surface area contributed by atoms with Crippen LogP contribution < -0.4 is 5.32 Å². The van der Waals surface area contributed by atoms with Crippen molar-refractivity contribution in [2.45, 2.75) is 39.2 Å². The highest BCUT2D eigenvalue weighted by Crippen LogP contribution is 2.22. The molecular weight excluding hydrogens is 328 g/mol. The van der Waals surface area contributed by atoms with Crippen LogP contribution in [0, 0.1) is 6.92 Å². The van der Waals surface area contributed by atoms with Crippen LogP contribution in [0.25, 0.3) is 0 Å². The molecule has 2 heterocycles. The number of rotatable bonds is 7. The van der Waals surface area contributed by atoms with Crippen LogP contribution in [0.3, 0.4) is 0 Å². The second kappa shape index (κ2) is 7.71. The monoisotopic (exact) mass is 350 g/mol. The quantitative estimate of drug-likeness (QED) is 0.834. The first kappa shape index (κ1) is 16.2. The minimum Gasteiger partial charge on any atom is -0.313 e. The highest BCUT2D eigenvalue weighted by molar-refractivity contribution is 9.10. The molecule has 0 radical (unpaired) electrons. The van der Waals surface area contributed by atoms with Gasteiger partial charge in [0.05, 0.1) is 15.9 Å². The third kappa shape index (κ3) is 4.38. The van der Waals surface area contributed by atoms with Crippen molar-refractivity contribution in [2.75, 3.05) is 6.54 Å². The van der Waals surface area contributed by atoms with Crippen molar-refractivity contribution in [3.63, 3.8) is 0 Å². The number of hydrogen-bond acceptors (Lipinski definition) is 3. The second-order valence-electron chi connectivity index (χ2n) is 5.35. The molecule has 21 heavy (non-hydrogen) atoms. The molecular formula is C16H23BrN4. The molecule has 5 heteroatoms. The minimum absolute atomic E-state index is 0.367. The van der Waals surface area contributed by atoms with E-state index in [1.165, 1.54) is 5.69 Å². The number of nitrogens with one attached hydrogen (secondary N) is 1. The summed E-state index contributed by atoms with van der Waals surface area (Å²) in [6.07, 6.45) is 4.85. The Morgan fingerprint density at radius 2 is 2.14 bits per heavy atom. The van der Waals surface area contributed by atoms with Gasteiger partial charge in [0.25, 0.3) is 0 Å². The lowest BCUT2D eigenvalue weighted by Gasteiger charge is -2.18. The molecule has 1 unspecified atom stereocenters. The summed E-state index contributed by atoms with van der Waals surface area (Å²) >= 11 is 3.66. The fourth-order valence-corrected chi connectivity index (χ4v) is 2.97. The predicted octanol–water partition coefficient (Wildman–Crippen LogP) is 3.04. The van der Waals surface area contributed by atoms with Crippen LogP contribution in [0.1, 0.15) is 30.4 Å². The summed E-state index contributed by atoms with van der Waals surface area (Å²) in [6, 6.07) is 6.46. The van der Waals surface area contributed by atoms with Crippen LogP contribution in [0.15, 0.2) is 28.9 Å². The molecule has 0 aliphatic heterocycles. The van der Waals surface area contributed by atoms with Gasteiger partial charge in [-0.3, -0.25) is 9.67 Å². The van der Waals surface area contributed by atoms with Crippen LogP contribution >= 0.6 is 15.9 Å². The van der Waals surface area contributed by atoms with E-state index in [1.807, 2.05) is 37.0 Å². The Morgan fingerprint density at radius 1 is 1.33 bits per heavy atom. The maximum atomic E-state index is 4.48. The van der Waals surface area contributed by atoms with Gasteiger partial charge in [-0.15, -0.1) is 0 Å². The molecule has 0 fully saturated rings. The SMILES string of the molecule is CCCNC(Cc1ccccn1)Cc1c(Br)c(C)nn1C. The van der Waals surface area contributed by atoms with Gasteiger partial charge in [0.2, 0.25) is 0 Å². The molecule has 2 aromatic heterocycles. The van der Waals surface area contributed by atoms with E-state index in [0.29, 0.717) is 6.04 Å². The van der Waals surface area contributed by atoms with Crippen LogP contribution in [-0.2, 0) is 19.9 Å². The lowest BCUT2D eigenvalue weighted by atomic mass is 10.0. The van der Waals surface area contributed by atoms with E-state index in [0.717, 1.165) is 41.7 Å². The molecule has 0 spiro atoms. The zero-order valence-electron chi connectivity index (χ0n) is 12.9. The summed E-state index contributed by atoms with van der Waals surface area (Å²) in [5.74, 6) is 0. The molecule has 0 saturated carbocycles. The zero-order valence-corrected chi connectivity index (χ0v) is 14.5. The largest absolute Gasteiger partial charge is 0.313 e. The van der Waals surface area contributed by atoms with Gasteiger partial charge in [0.1, 0.15) is 0 Å². The number of halogens is 1. The molecule has 2 aromatic rings. The summed E-state index contributed by atoms with van der Waals surface area (Å²) in [4.78, 5) is 4.44. The molecule has 4 nitrogen and oxygen atoms in total. The van der Waals surface area contributed by atoms with E-state index in [1.54, 1.807) is 0 Å². The average molecular weight is 351 g/mol. The first-order valence-electron chi connectivity index (χ1n) is 7.43. The molecule has 2 rings (SSSR count). The third-order valence-electron chi connectivity index (χ3n) is 3.57. The molecule has 1 N–H and O–H groups in total. The number of aromatic nitrogens is 3. The van der Waals surface area contributed by atoms with Crippen LogP contribution in [0.4, 0.5) is 0 Å². The molecule has 0 bridgehead atoms. The van der Waals surface area contributed by atoms with Crippen molar-refractivity contribution in [1.82, 2.24) is 20.1 Å². The molecule has 0 aliphatic rings. The highest BCUT2D eigenvalue weighted by Gasteiger charge is 2.17. The van der Waals surface area contributed by atoms with E-state index in [-0.39, 0.29) is 0 Å². The molecule has 114 valence electrons. The van der Waals surface area contributed by atoms with Crippen molar-refractivity contribution in [1.29, 1.82) is 0 Å². The topological polar surface area (TPSA) is 42.7 Å². The van der Waals surface area contributed by atoms with Crippen molar-refractivity contribution >= 4 is 15.9 Å². The molecule has 0 aromatic carbocycles. The zero-order chi connectivity index (χ0) is 15.2. The fraction of sp³-hybridized carbons (Fsp3) is 0.500. The van der Waals surface area contributed by atoms with Crippen LogP contribution in [-0.4, -0.2) is 27.4 Å². The first-order chi connectivity index (χ1) is 10.1. The Morgan fingerprint density at radius 3 is 2.71 bits per heavy atom. The Kier molecular flexibility index (Phi) is 5.94. The van der Waals surface area contributed by atoms with Crippen LogP contribution in [0.2, 0.25) is 0 Å². The van der Waals surface area contributed by atoms with Gasteiger partial charge >= 0.3 is 0 Å². The van der Waals surface area contributed by atoms with Gasteiger partial charge in [-0.25, -0.2) is 0 Å². The van der Waals surface area contributed by atoms with Gasteiger partial charge in [-0.1, -0.05) is 13.0 Å². The number of nitrogens with zero attached hydrogens (tertiary/aromatic N) is 3. The second-order valence-corrected chi connectivity index (χ2v) is 6.14. The van der Waals surface area contributed by atoms with E-state index < -0.39 is 0 Å². The van der Waals surface area contributed by atoms with Gasteiger partial charge < -0.3 is 5.32 Å². The van der Waals surface area contributed by atoms with E-state index in [2.05, 4.69) is 44.3 Å². The van der Waals surface area contributed by atoms with E-state index in [4.69, 9.17) is 0 Å². The van der Waals surface area contributed by atoms with Gasteiger partial charge in [0.15, 0.2) is 0 Å². The maximum absolute atomic E-state index is 4.48. The molecule has 0 amide bonds. The first-order valence-corrected chi connectivity index (χ1v) is 8.22. The van der Waals surface area contributed by atoms with Crippen molar-refractivity contribution in [3.05, 3.63) is 46.0 Å². The summed E-state index contributed by atoms with van der Waals surface area (Å²) in [5.41, 5.74) is 3.40. The highest BCUT2D eigenvalue weighted by atomic mass is 79.9. The molecule has 0 aliphatic carbocycles. The molecule has 1 atom stereocenters. The maximum Gasteiger partial charge on any atom is 0.0738 e. The van der Waals surface area contributed by atoms with Gasteiger partial charge in [-0.05, 0) is 48.0 Å². The van der Waals surface area contributed by atoms with Crippen molar-refractivity contribution in [2.24, 2.45) is 7.05 Å². The Labute approximate surface area is 135 Å². The summed E-state index contributed by atoms with van der Waals surface area (Å²) in [5, 5.41) is 8.11.